The van der Waals surface area contributed by atoms with Gasteiger partial charge in [-0.25, -0.2) is 13.2 Å². The fourth-order valence-corrected chi connectivity index (χ4v) is 7.00. The second-order valence-corrected chi connectivity index (χ2v) is 11.9. The fraction of sp³-hybridized carbons (Fsp3) is 0.519. The lowest BCUT2D eigenvalue weighted by molar-refractivity contribution is 0.0697. The maximum absolute atomic E-state index is 13.1. The third-order valence-electron chi connectivity index (χ3n) is 7.68. The second-order valence-electron chi connectivity index (χ2n) is 10.2. The van der Waals surface area contributed by atoms with Gasteiger partial charge < -0.3 is 14.9 Å². The average Bonchev–Trinajstić information content (AvgIpc) is 3.36. The van der Waals surface area contributed by atoms with E-state index in [0.29, 0.717) is 11.6 Å². The van der Waals surface area contributed by atoms with Crippen LogP contribution < -0.4 is 9.62 Å². The zero-order chi connectivity index (χ0) is 24.4. The minimum atomic E-state index is -3.81. The molecule has 0 aromatic heterocycles. The molecule has 0 spiro atoms. The highest BCUT2D eigenvalue weighted by molar-refractivity contribution is 7.92. The Labute approximate surface area is 208 Å². The summed E-state index contributed by atoms with van der Waals surface area (Å²) in [4.78, 5) is 17.1. The molecule has 2 heterocycles. The summed E-state index contributed by atoms with van der Waals surface area (Å²) in [7, 11) is -3.81. The van der Waals surface area contributed by atoms with Crippen molar-refractivity contribution < 1.29 is 18.3 Å². The number of fused-ring (bicyclic) bond motifs is 1. The van der Waals surface area contributed by atoms with Crippen molar-refractivity contribution in [1.82, 2.24) is 4.90 Å². The SMILES string of the molecule is O=C(O)c1cc(NS(=O)(=O)c2ccc3c(c2)CCCC3)ccc1N1CCC[C@@H](CN2CCCC2)C1. The van der Waals surface area contributed by atoms with Crippen molar-refractivity contribution in [3.05, 3.63) is 53.1 Å². The van der Waals surface area contributed by atoms with E-state index in [1.165, 1.54) is 24.5 Å². The zero-order valence-electron chi connectivity index (χ0n) is 20.2. The van der Waals surface area contributed by atoms with E-state index in [1.54, 1.807) is 24.3 Å². The van der Waals surface area contributed by atoms with Gasteiger partial charge in [-0.15, -0.1) is 0 Å². The van der Waals surface area contributed by atoms with E-state index in [9.17, 15) is 18.3 Å². The van der Waals surface area contributed by atoms with Crippen LogP contribution in [0.4, 0.5) is 11.4 Å². The molecule has 0 radical (unpaired) electrons. The number of carbonyl (C=O) groups is 1. The van der Waals surface area contributed by atoms with Crippen LogP contribution in [-0.4, -0.2) is 57.1 Å². The molecule has 188 valence electrons. The molecule has 2 fully saturated rings. The Hall–Kier alpha value is -2.58. The van der Waals surface area contributed by atoms with E-state index >= 15 is 0 Å². The van der Waals surface area contributed by atoms with Gasteiger partial charge in [0.2, 0.25) is 0 Å². The molecule has 3 aliphatic rings. The lowest BCUT2D eigenvalue weighted by Crippen LogP contribution is -2.41. The third-order valence-corrected chi connectivity index (χ3v) is 9.06. The van der Waals surface area contributed by atoms with Crippen molar-refractivity contribution in [1.29, 1.82) is 0 Å². The molecule has 5 rings (SSSR count). The van der Waals surface area contributed by atoms with Gasteiger partial charge in [0.15, 0.2) is 0 Å². The van der Waals surface area contributed by atoms with Gasteiger partial charge in [0.1, 0.15) is 0 Å². The molecular formula is C27H35N3O4S. The van der Waals surface area contributed by atoms with Crippen LogP contribution >= 0.6 is 0 Å². The summed E-state index contributed by atoms with van der Waals surface area (Å²) in [5.41, 5.74) is 3.39. The molecule has 35 heavy (non-hydrogen) atoms. The zero-order valence-corrected chi connectivity index (χ0v) is 21.0. The van der Waals surface area contributed by atoms with Crippen molar-refractivity contribution in [3.8, 4) is 0 Å². The third kappa shape index (κ3) is 5.48. The molecule has 7 nitrogen and oxygen atoms in total. The first kappa shape index (κ1) is 24.1. The highest BCUT2D eigenvalue weighted by Crippen LogP contribution is 2.31. The first-order valence-electron chi connectivity index (χ1n) is 12.9. The van der Waals surface area contributed by atoms with E-state index in [2.05, 4.69) is 14.5 Å². The predicted octanol–water partition coefficient (Wildman–Crippen LogP) is 4.38. The molecule has 2 N–H and O–H groups in total. The van der Waals surface area contributed by atoms with Gasteiger partial charge >= 0.3 is 5.97 Å². The maximum atomic E-state index is 13.1. The summed E-state index contributed by atoms with van der Waals surface area (Å²) in [5.74, 6) is -0.526. The highest BCUT2D eigenvalue weighted by atomic mass is 32.2. The van der Waals surface area contributed by atoms with Crippen molar-refractivity contribution in [2.75, 3.05) is 42.3 Å². The fourth-order valence-electron chi connectivity index (χ4n) is 5.90. The quantitative estimate of drug-likeness (QED) is 0.590. The van der Waals surface area contributed by atoms with E-state index in [4.69, 9.17) is 0 Å². The molecule has 2 aliphatic heterocycles. The number of benzene rings is 2. The Morgan fingerprint density at radius 2 is 1.71 bits per heavy atom. The molecule has 2 saturated heterocycles. The molecule has 2 aromatic carbocycles. The number of sulfonamides is 1. The minimum Gasteiger partial charge on any atom is -0.478 e. The summed E-state index contributed by atoms with van der Waals surface area (Å²) in [5, 5.41) is 9.95. The average molecular weight is 498 g/mol. The van der Waals surface area contributed by atoms with E-state index < -0.39 is 16.0 Å². The van der Waals surface area contributed by atoms with Gasteiger partial charge in [-0.05, 0) is 112 Å². The van der Waals surface area contributed by atoms with Crippen LogP contribution in [-0.2, 0) is 22.9 Å². The van der Waals surface area contributed by atoms with Gasteiger partial charge in [0.05, 0.1) is 16.1 Å². The van der Waals surface area contributed by atoms with Gasteiger partial charge in [-0.3, -0.25) is 4.72 Å². The number of anilines is 2. The predicted molar refractivity (Wildman–Crippen MR) is 138 cm³/mol. The second kappa shape index (κ2) is 10.2. The normalized spacial score (nSPS) is 21.0. The van der Waals surface area contributed by atoms with Crippen molar-refractivity contribution in [2.24, 2.45) is 5.92 Å². The topological polar surface area (TPSA) is 89.9 Å². The van der Waals surface area contributed by atoms with Crippen molar-refractivity contribution in [2.45, 2.75) is 56.3 Å². The number of rotatable bonds is 7. The lowest BCUT2D eigenvalue weighted by Gasteiger charge is -2.36. The summed E-state index contributed by atoms with van der Waals surface area (Å²) in [6.07, 6.45) is 8.82. The molecule has 0 bridgehead atoms. The number of nitrogens with one attached hydrogen (secondary N) is 1. The lowest BCUT2D eigenvalue weighted by atomic mass is 9.92. The summed E-state index contributed by atoms with van der Waals surface area (Å²) in [6, 6.07) is 10.2. The first-order valence-corrected chi connectivity index (χ1v) is 14.4. The Morgan fingerprint density at radius 1 is 0.943 bits per heavy atom. The molecule has 0 amide bonds. The molecule has 0 saturated carbocycles. The minimum absolute atomic E-state index is 0.137. The van der Waals surface area contributed by atoms with Gasteiger partial charge in [-0.1, -0.05) is 6.07 Å². The van der Waals surface area contributed by atoms with Crippen LogP contribution in [0.1, 0.15) is 60.0 Å². The Bertz CT molecular complexity index is 1190. The van der Waals surface area contributed by atoms with Gasteiger partial charge in [0, 0.05) is 25.3 Å². The highest BCUT2D eigenvalue weighted by Gasteiger charge is 2.27. The number of piperidine rings is 1. The van der Waals surface area contributed by atoms with Gasteiger partial charge in [-0.2, -0.15) is 0 Å². The number of hydrogen-bond donors (Lipinski definition) is 2. The maximum Gasteiger partial charge on any atom is 0.337 e. The Balaban J connectivity index is 1.34. The van der Waals surface area contributed by atoms with Crippen LogP contribution in [0.25, 0.3) is 0 Å². The molecule has 2 aromatic rings. The monoisotopic (exact) mass is 497 g/mol. The number of carboxylic acid groups (broad SMARTS) is 1. The largest absolute Gasteiger partial charge is 0.478 e. The van der Waals surface area contributed by atoms with E-state index in [1.807, 2.05) is 6.07 Å². The molecule has 0 unspecified atom stereocenters. The van der Waals surface area contributed by atoms with Crippen LogP contribution in [0, 0.1) is 5.92 Å². The van der Waals surface area contributed by atoms with Crippen LogP contribution in [0.2, 0.25) is 0 Å². The summed E-state index contributed by atoms with van der Waals surface area (Å²) < 4.78 is 28.8. The number of aromatic carboxylic acids is 1. The van der Waals surface area contributed by atoms with E-state index in [0.717, 1.165) is 76.8 Å². The van der Waals surface area contributed by atoms with Crippen molar-refractivity contribution >= 4 is 27.4 Å². The standard InChI is InChI=1S/C27H35N3O4S/c31-27(32)25-17-23(28-35(33,34)24-11-9-21-7-1-2-8-22(21)16-24)10-12-26(25)30-15-5-6-20(19-30)18-29-13-3-4-14-29/h9-12,16-17,20,28H,1-8,13-15,18-19H2,(H,31,32)/t20-/m0/s1. The van der Waals surface area contributed by atoms with Crippen LogP contribution in [0.5, 0.6) is 0 Å². The number of hydrogen-bond acceptors (Lipinski definition) is 5. The molecule has 1 aliphatic carbocycles. The molecule has 8 heteroatoms. The Morgan fingerprint density at radius 3 is 2.49 bits per heavy atom. The molecular weight excluding hydrogens is 462 g/mol. The number of nitrogens with zero attached hydrogens (tertiary/aromatic N) is 2. The number of aryl methyl sites for hydroxylation is 2. The van der Waals surface area contributed by atoms with Crippen molar-refractivity contribution in [3.63, 3.8) is 0 Å². The number of likely N-dealkylation sites (tertiary alicyclic amines) is 1. The van der Waals surface area contributed by atoms with Crippen LogP contribution in [0.15, 0.2) is 41.3 Å². The van der Waals surface area contributed by atoms with Gasteiger partial charge in [0.25, 0.3) is 10.0 Å². The summed E-state index contributed by atoms with van der Waals surface area (Å²) in [6.45, 7) is 5.04. The first-order chi connectivity index (χ1) is 16.9. The van der Waals surface area contributed by atoms with Crippen LogP contribution in [0.3, 0.4) is 0 Å². The summed E-state index contributed by atoms with van der Waals surface area (Å²) >= 11 is 0. The van der Waals surface area contributed by atoms with E-state index in [-0.39, 0.29) is 16.1 Å². The smallest absolute Gasteiger partial charge is 0.337 e. The number of carboxylic acids is 1. The Kier molecular flexibility index (Phi) is 7.02. The molecule has 1 atom stereocenters.